The van der Waals surface area contributed by atoms with Gasteiger partial charge in [0.15, 0.2) is 0 Å². The van der Waals surface area contributed by atoms with Crippen LogP contribution in [0.2, 0.25) is 0 Å². The fraction of sp³-hybridized carbons (Fsp3) is 0.214. The van der Waals surface area contributed by atoms with Crippen molar-refractivity contribution in [1.82, 2.24) is 4.57 Å². The Morgan fingerprint density at radius 3 is 2.71 bits per heavy atom. The maximum Gasteiger partial charge on any atom is 0.287 e. The molecule has 0 bridgehead atoms. The average Bonchev–Trinajstić information content (AvgIpc) is 2.87. The van der Waals surface area contributed by atoms with Gasteiger partial charge in [0.25, 0.3) is 11.6 Å². The van der Waals surface area contributed by atoms with Crippen molar-refractivity contribution in [3.63, 3.8) is 0 Å². The maximum atomic E-state index is 12.2. The van der Waals surface area contributed by atoms with Gasteiger partial charge in [-0.15, -0.1) is 0 Å². The lowest BCUT2D eigenvalue weighted by molar-refractivity contribution is -0.384. The van der Waals surface area contributed by atoms with Gasteiger partial charge in [-0.1, -0.05) is 0 Å². The summed E-state index contributed by atoms with van der Waals surface area (Å²) >= 11 is 0. The largest absolute Gasteiger partial charge is 0.508 e. The Bertz CT molecular complexity index is 706. The van der Waals surface area contributed by atoms with Gasteiger partial charge in [0.2, 0.25) is 0 Å². The smallest absolute Gasteiger partial charge is 0.287 e. The number of aromatic nitrogens is 1. The van der Waals surface area contributed by atoms with Gasteiger partial charge in [-0.3, -0.25) is 14.9 Å². The van der Waals surface area contributed by atoms with E-state index < -0.39 is 10.8 Å². The number of aryl methyl sites for hydroxylation is 2. The van der Waals surface area contributed by atoms with E-state index in [1.54, 1.807) is 26.0 Å². The predicted molar refractivity (Wildman–Crippen MR) is 77.6 cm³/mol. The second-order valence-corrected chi connectivity index (χ2v) is 4.58. The molecule has 0 saturated carbocycles. The molecule has 110 valence electrons. The lowest BCUT2D eigenvalue weighted by Crippen LogP contribution is -2.16. The van der Waals surface area contributed by atoms with E-state index in [-0.39, 0.29) is 17.1 Å². The summed E-state index contributed by atoms with van der Waals surface area (Å²) < 4.78 is 1.51. The molecule has 1 aromatic carbocycles. The van der Waals surface area contributed by atoms with E-state index in [4.69, 9.17) is 0 Å². The summed E-state index contributed by atoms with van der Waals surface area (Å²) in [5.74, 6) is -0.296. The number of benzene rings is 1. The Balaban J connectivity index is 2.27. The minimum absolute atomic E-state index is 0.121. The predicted octanol–water partition coefficient (Wildman–Crippen LogP) is 2.68. The third-order valence-electron chi connectivity index (χ3n) is 3.12. The Labute approximate surface area is 121 Å². The van der Waals surface area contributed by atoms with Gasteiger partial charge in [-0.25, -0.2) is 0 Å². The summed E-state index contributed by atoms with van der Waals surface area (Å²) in [6, 6.07) is 5.91. The SMILES string of the molecule is CCn1cc([N+](=O)[O-])cc1C(=O)Nc1ccc(O)c(C)c1. The van der Waals surface area contributed by atoms with Crippen LogP contribution < -0.4 is 5.32 Å². The van der Waals surface area contributed by atoms with E-state index in [1.165, 1.54) is 22.9 Å². The molecule has 7 heteroatoms. The molecular weight excluding hydrogens is 274 g/mol. The highest BCUT2D eigenvalue weighted by Crippen LogP contribution is 2.22. The molecule has 0 radical (unpaired) electrons. The molecule has 1 amide bonds. The lowest BCUT2D eigenvalue weighted by Gasteiger charge is -2.08. The normalized spacial score (nSPS) is 10.4. The molecule has 0 unspecified atom stereocenters. The van der Waals surface area contributed by atoms with Crippen LogP contribution in [0.1, 0.15) is 23.0 Å². The van der Waals surface area contributed by atoms with Crippen molar-refractivity contribution < 1.29 is 14.8 Å². The van der Waals surface area contributed by atoms with Gasteiger partial charge < -0.3 is 15.0 Å². The van der Waals surface area contributed by atoms with E-state index in [9.17, 15) is 20.0 Å². The molecule has 0 aliphatic carbocycles. The minimum Gasteiger partial charge on any atom is -0.508 e. The number of nitrogens with one attached hydrogen (secondary N) is 1. The highest BCUT2D eigenvalue weighted by Gasteiger charge is 2.18. The van der Waals surface area contributed by atoms with Gasteiger partial charge in [0.05, 0.1) is 11.1 Å². The topological polar surface area (TPSA) is 97.4 Å². The first-order valence-electron chi connectivity index (χ1n) is 6.38. The highest BCUT2D eigenvalue weighted by molar-refractivity contribution is 6.03. The Morgan fingerprint density at radius 1 is 1.43 bits per heavy atom. The number of hydrogen-bond donors (Lipinski definition) is 2. The first-order valence-corrected chi connectivity index (χ1v) is 6.38. The molecular formula is C14H15N3O4. The molecule has 2 N–H and O–H groups in total. The summed E-state index contributed by atoms with van der Waals surface area (Å²) in [5.41, 5.74) is 1.24. The number of nitro groups is 1. The van der Waals surface area contributed by atoms with Crippen molar-refractivity contribution in [3.8, 4) is 5.75 Å². The van der Waals surface area contributed by atoms with Crippen LogP contribution in [0, 0.1) is 17.0 Å². The van der Waals surface area contributed by atoms with Crippen LogP contribution in [0.5, 0.6) is 5.75 Å². The zero-order chi connectivity index (χ0) is 15.6. The zero-order valence-corrected chi connectivity index (χ0v) is 11.7. The third-order valence-corrected chi connectivity index (χ3v) is 3.12. The molecule has 0 fully saturated rings. The van der Waals surface area contributed by atoms with E-state index in [2.05, 4.69) is 5.32 Å². The Hall–Kier alpha value is -2.83. The lowest BCUT2D eigenvalue weighted by atomic mass is 10.2. The number of phenols is 1. The van der Waals surface area contributed by atoms with Crippen LogP contribution in [0.4, 0.5) is 11.4 Å². The number of anilines is 1. The number of aromatic hydroxyl groups is 1. The second-order valence-electron chi connectivity index (χ2n) is 4.58. The van der Waals surface area contributed by atoms with E-state index >= 15 is 0 Å². The molecule has 1 heterocycles. The van der Waals surface area contributed by atoms with Crippen LogP contribution in [0.15, 0.2) is 30.5 Å². The molecule has 2 aromatic rings. The molecule has 21 heavy (non-hydrogen) atoms. The van der Waals surface area contributed by atoms with Crippen molar-refractivity contribution in [3.05, 3.63) is 51.8 Å². The minimum atomic E-state index is -0.534. The van der Waals surface area contributed by atoms with E-state index in [1.807, 2.05) is 0 Å². The molecule has 0 atom stereocenters. The number of carbonyl (C=O) groups excluding carboxylic acids is 1. The summed E-state index contributed by atoms with van der Waals surface area (Å²) in [6.45, 7) is 3.96. The van der Waals surface area contributed by atoms with Gasteiger partial charge >= 0.3 is 0 Å². The molecule has 0 spiro atoms. The maximum absolute atomic E-state index is 12.2. The summed E-state index contributed by atoms with van der Waals surface area (Å²) in [5, 5.41) is 22.9. The summed E-state index contributed by atoms with van der Waals surface area (Å²) in [6.07, 6.45) is 1.33. The molecule has 7 nitrogen and oxygen atoms in total. The second kappa shape index (κ2) is 5.66. The monoisotopic (exact) mass is 289 g/mol. The van der Waals surface area contributed by atoms with Crippen LogP contribution in [0.3, 0.4) is 0 Å². The molecule has 0 aliphatic rings. The van der Waals surface area contributed by atoms with Crippen molar-refractivity contribution in [1.29, 1.82) is 0 Å². The fourth-order valence-electron chi connectivity index (χ4n) is 1.98. The quantitative estimate of drug-likeness (QED) is 0.513. The van der Waals surface area contributed by atoms with Crippen LogP contribution >= 0.6 is 0 Å². The van der Waals surface area contributed by atoms with E-state index in [0.29, 0.717) is 17.8 Å². The van der Waals surface area contributed by atoms with Gasteiger partial charge in [0, 0.05) is 18.3 Å². The highest BCUT2D eigenvalue weighted by atomic mass is 16.6. The number of carbonyl (C=O) groups is 1. The Kier molecular flexibility index (Phi) is 3.93. The number of rotatable bonds is 4. The zero-order valence-electron chi connectivity index (χ0n) is 11.7. The number of nitrogens with zero attached hydrogens (tertiary/aromatic N) is 2. The van der Waals surface area contributed by atoms with Crippen LogP contribution in [-0.2, 0) is 6.54 Å². The Morgan fingerprint density at radius 2 is 2.14 bits per heavy atom. The molecule has 1 aromatic heterocycles. The number of hydrogen-bond acceptors (Lipinski definition) is 4. The van der Waals surface area contributed by atoms with Crippen molar-refractivity contribution in [2.24, 2.45) is 0 Å². The first-order chi connectivity index (χ1) is 9.92. The van der Waals surface area contributed by atoms with Crippen LogP contribution in [-0.4, -0.2) is 20.5 Å². The van der Waals surface area contributed by atoms with Crippen molar-refractivity contribution >= 4 is 17.3 Å². The van der Waals surface area contributed by atoms with Gasteiger partial charge in [-0.2, -0.15) is 0 Å². The molecule has 0 saturated heterocycles. The van der Waals surface area contributed by atoms with Crippen molar-refractivity contribution in [2.75, 3.05) is 5.32 Å². The molecule has 2 rings (SSSR count). The number of phenolic OH excluding ortho intramolecular Hbond substituents is 1. The third kappa shape index (κ3) is 3.02. The summed E-state index contributed by atoms with van der Waals surface area (Å²) in [4.78, 5) is 22.5. The molecule has 0 aliphatic heterocycles. The van der Waals surface area contributed by atoms with Crippen molar-refractivity contribution in [2.45, 2.75) is 20.4 Å². The average molecular weight is 289 g/mol. The van der Waals surface area contributed by atoms with E-state index in [0.717, 1.165) is 0 Å². The fourth-order valence-corrected chi connectivity index (χ4v) is 1.98. The van der Waals surface area contributed by atoms with Gasteiger partial charge in [0.1, 0.15) is 11.4 Å². The van der Waals surface area contributed by atoms with Crippen LogP contribution in [0.25, 0.3) is 0 Å². The first kappa shape index (κ1) is 14.6. The summed E-state index contributed by atoms with van der Waals surface area (Å²) in [7, 11) is 0. The van der Waals surface area contributed by atoms with Gasteiger partial charge in [-0.05, 0) is 37.6 Å². The standard InChI is InChI=1S/C14H15N3O4/c1-3-16-8-11(17(20)21)7-12(16)14(19)15-10-4-5-13(18)9(2)6-10/h4-8,18H,3H2,1-2H3,(H,15,19). The number of amides is 1.